The fraction of sp³-hybridized carbons (Fsp3) is 0.167. The number of fused-ring (bicyclic) bond motifs is 2. The van der Waals surface area contributed by atoms with Crippen LogP contribution in [0.1, 0.15) is 24.2 Å². The normalized spacial score (nSPS) is 12.7. The first-order chi connectivity index (χ1) is 15.4. The van der Waals surface area contributed by atoms with Gasteiger partial charge in [-0.05, 0) is 56.3 Å². The van der Waals surface area contributed by atoms with Crippen LogP contribution in [0.5, 0.6) is 0 Å². The van der Waals surface area contributed by atoms with Gasteiger partial charge in [0.05, 0.1) is 23.2 Å². The fourth-order valence-corrected chi connectivity index (χ4v) is 3.75. The van der Waals surface area contributed by atoms with E-state index in [1.54, 1.807) is 38.4 Å². The number of amides is 1. The van der Waals surface area contributed by atoms with E-state index in [1.165, 1.54) is 0 Å². The highest BCUT2D eigenvalue weighted by molar-refractivity contribution is 5.95. The Morgan fingerprint density at radius 2 is 1.94 bits per heavy atom. The lowest BCUT2D eigenvalue weighted by Gasteiger charge is -2.18. The number of nitrogens with zero attached hydrogens (tertiary/aromatic N) is 5. The molecule has 5 aromatic rings. The maximum absolute atomic E-state index is 13.1. The maximum atomic E-state index is 13.1. The van der Waals surface area contributed by atoms with E-state index in [0.717, 1.165) is 22.1 Å². The Morgan fingerprint density at radius 1 is 1.09 bits per heavy atom. The molecule has 0 radical (unpaired) electrons. The van der Waals surface area contributed by atoms with E-state index in [9.17, 15) is 9.90 Å². The van der Waals surface area contributed by atoms with Crippen LogP contribution in [-0.4, -0.2) is 40.7 Å². The van der Waals surface area contributed by atoms with E-state index in [2.05, 4.69) is 19.9 Å². The molecule has 0 fully saturated rings. The van der Waals surface area contributed by atoms with Crippen molar-refractivity contribution in [1.29, 1.82) is 0 Å². The Bertz CT molecular complexity index is 1520. The number of aromatic nitrogens is 5. The highest BCUT2D eigenvalue weighted by Gasteiger charge is 2.17. The maximum Gasteiger partial charge on any atom is 0.280 e. The van der Waals surface area contributed by atoms with Gasteiger partial charge in [-0.2, -0.15) is 4.99 Å². The Labute approximate surface area is 183 Å². The molecule has 5 rings (SSSR count). The van der Waals surface area contributed by atoms with Crippen LogP contribution in [0.15, 0.2) is 78.2 Å². The number of benzene rings is 1. The van der Waals surface area contributed by atoms with Crippen molar-refractivity contribution in [2.24, 2.45) is 4.99 Å². The van der Waals surface area contributed by atoms with Gasteiger partial charge in [0.25, 0.3) is 5.91 Å². The smallest absolute Gasteiger partial charge is 0.280 e. The van der Waals surface area contributed by atoms with Crippen LogP contribution in [0.3, 0.4) is 0 Å². The first kappa shape index (κ1) is 19.9. The topological polar surface area (TPSA) is 101 Å². The van der Waals surface area contributed by atoms with E-state index >= 15 is 0 Å². The summed E-state index contributed by atoms with van der Waals surface area (Å²) in [5.74, 6) is 0.176. The number of hydrogen-bond donors (Lipinski definition) is 2. The Balaban J connectivity index is 1.58. The average molecular weight is 426 g/mol. The summed E-state index contributed by atoms with van der Waals surface area (Å²) in [5, 5.41) is 11.4. The van der Waals surface area contributed by atoms with Gasteiger partial charge in [-0.3, -0.25) is 9.36 Å². The zero-order valence-corrected chi connectivity index (χ0v) is 17.7. The van der Waals surface area contributed by atoms with Gasteiger partial charge >= 0.3 is 0 Å². The summed E-state index contributed by atoms with van der Waals surface area (Å²) in [6.07, 6.45) is 5.18. The molecule has 4 heterocycles. The summed E-state index contributed by atoms with van der Waals surface area (Å²) in [7, 11) is 0. The fourth-order valence-electron chi connectivity index (χ4n) is 3.75. The molecule has 32 heavy (non-hydrogen) atoms. The number of para-hydroxylation sites is 2. The van der Waals surface area contributed by atoms with Gasteiger partial charge in [0.1, 0.15) is 11.5 Å². The van der Waals surface area contributed by atoms with Gasteiger partial charge in [0.15, 0.2) is 0 Å². The SMILES string of the molecule is CC(C)(O)Cn1/c(=N/C(=O)c2ccnc(-n3ccc4cccnc43)c2)[nH]c2ccccc21. The molecule has 1 amide bonds. The van der Waals surface area contributed by atoms with Gasteiger partial charge < -0.3 is 14.7 Å². The van der Waals surface area contributed by atoms with Crippen LogP contribution in [0, 0.1) is 0 Å². The standard InChI is InChI=1S/C24H22N6O2/c1-24(2,32)15-30-19-8-4-3-7-18(19)27-23(30)28-22(31)17-9-12-25-20(14-17)29-13-10-16-6-5-11-26-21(16)29/h3-14,32H,15H2,1-2H3,(H,27,28,31). The molecule has 0 saturated heterocycles. The number of aliphatic hydroxyl groups is 1. The van der Waals surface area contributed by atoms with Crippen molar-refractivity contribution < 1.29 is 9.90 Å². The number of H-pyrrole nitrogens is 1. The van der Waals surface area contributed by atoms with Gasteiger partial charge in [0, 0.05) is 29.5 Å². The van der Waals surface area contributed by atoms with Crippen molar-refractivity contribution >= 4 is 28.0 Å². The average Bonchev–Trinajstić information content (AvgIpc) is 3.35. The van der Waals surface area contributed by atoms with E-state index in [0.29, 0.717) is 17.0 Å². The summed E-state index contributed by atoms with van der Waals surface area (Å²) in [6.45, 7) is 3.72. The number of carbonyl (C=O) groups is 1. The number of hydrogen-bond acceptors (Lipinski definition) is 4. The molecule has 0 aliphatic rings. The Kier molecular flexibility index (Phi) is 4.71. The van der Waals surface area contributed by atoms with Crippen molar-refractivity contribution in [3.05, 3.63) is 84.4 Å². The lowest BCUT2D eigenvalue weighted by Crippen LogP contribution is -2.32. The molecule has 0 bridgehead atoms. The van der Waals surface area contributed by atoms with Crippen molar-refractivity contribution in [3.8, 4) is 5.82 Å². The van der Waals surface area contributed by atoms with E-state index in [1.807, 2.05) is 57.8 Å². The molecule has 8 nitrogen and oxygen atoms in total. The van der Waals surface area contributed by atoms with Crippen molar-refractivity contribution in [1.82, 2.24) is 24.1 Å². The number of pyridine rings is 2. The third-order valence-electron chi connectivity index (χ3n) is 5.14. The minimum absolute atomic E-state index is 0.283. The highest BCUT2D eigenvalue weighted by Crippen LogP contribution is 2.18. The van der Waals surface area contributed by atoms with E-state index in [-0.39, 0.29) is 6.54 Å². The largest absolute Gasteiger partial charge is 0.389 e. The van der Waals surface area contributed by atoms with Gasteiger partial charge in [0.2, 0.25) is 5.62 Å². The second-order valence-corrected chi connectivity index (χ2v) is 8.29. The van der Waals surface area contributed by atoms with E-state index in [4.69, 9.17) is 0 Å². The molecule has 4 aromatic heterocycles. The van der Waals surface area contributed by atoms with Crippen molar-refractivity contribution in [3.63, 3.8) is 0 Å². The molecule has 0 atom stereocenters. The third kappa shape index (κ3) is 3.72. The number of nitrogens with one attached hydrogen (secondary N) is 1. The monoisotopic (exact) mass is 426 g/mol. The number of imidazole rings is 1. The van der Waals surface area contributed by atoms with Crippen molar-refractivity contribution in [2.75, 3.05) is 0 Å². The minimum atomic E-state index is -0.977. The number of carbonyl (C=O) groups excluding carboxylic acids is 1. The molecule has 1 aromatic carbocycles. The molecular formula is C24H22N6O2. The quantitative estimate of drug-likeness (QED) is 0.461. The third-order valence-corrected chi connectivity index (χ3v) is 5.14. The van der Waals surface area contributed by atoms with Gasteiger partial charge in [-0.15, -0.1) is 0 Å². The van der Waals surface area contributed by atoms with Gasteiger partial charge in [-0.25, -0.2) is 9.97 Å². The van der Waals surface area contributed by atoms with Gasteiger partial charge in [-0.1, -0.05) is 12.1 Å². The number of aromatic amines is 1. The molecule has 0 aliphatic heterocycles. The molecule has 0 aliphatic carbocycles. The summed E-state index contributed by atoms with van der Waals surface area (Å²) in [5.41, 5.74) is 2.27. The molecular weight excluding hydrogens is 404 g/mol. The molecule has 0 saturated carbocycles. The van der Waals surface area contributed by atoms with Crippen LogP contribution in [0.4, 0.5) is 0 Å². The van der Waals surface area contributed by atoms with Crippen molar-refractivity contribution in [2.45, 2.75) is 26.0 Å². The zero-order chi connectivity index (χ0) is 22.3. The summed E-state index contributed by atoms with van der Waals surface area (Å²) < 4.78 is 3.65. The lowest BCUT2D eigenvalue weighted by molar-refractivity contribution is 0.0612. The van der Waals surface area contributed by atoms with Crippen LogP contribution >= 0.6 is 0 Å². The second-order valence-electron chi connectivity index (χ2n) is 8.29. The molecule has 0 spiro atoms. The number of rotatable bonds is 4. The highest BCUT2D eigenvalue weighted by atomic mass is 16.3. The zero-order valence-electron chi connectivity index (χ0n) is 17.7. The van der Waals surface area contributed by atoms with Crippen LogP contribution < -0.4 is 5.62 Å². The summed E-state index contributed by atoms with van der Waals surface area (Å²) in [4.78, 5) is 29.4. The first-order valence-corrected chi connectivity index (χ1v) is 10.3. The predicted molar refractivity (Wildman–Crippen MR) is 121 cm³/mol. The molecule has 2 N–H and O–H groups in total. The Hall–Kier alpha value is -4.04. The summed E-state index contributed by atoms with van der Waals surface area (Å²) >= 11 is 0. The van der Waals surface area contributed by atoms with Crippen LogP contribution in [0.25, 0.3) is 27.9 Å². The first-order valence-electron chi connectivity index (χ1n) is 10.3. The second kappa shape index (κ2) is 7.58. The van der Waals surface area contributed by atoms with Crippen LogP contribution in [0.2, 0.25) is 0 Å². The molecule has 0 unspecified atom stereocenters. The molecule has 160 valence electrons. The van der Waals surface area contributed by atoms with E-state index < -0.39 is 11.5 Å². The summed E-state index contributed by atoms with van der Waals surface area (Å²) in [6, 6.07) is 16.8. The van der Waals surface area contributed by atoms with Crippen LogP contribution in [-0.2, 0) is 6.54 Å². The minimum Gasteiger partial charge on any atom is -0.389 e. The Morgan fingerprint density at radius 3 is 2.78 bits per heavy atom. The molecule has 8 heteroatoms. The lowest BCUT2D eigenvalue weighted by atomic mass is 10.1. The predicted octanol–water partition coefficient (Wildman–Crippen LogP) is 3.22.